The molecule has 6 nitrogen and oxygen atoms in total. The number of carbonyl (C=O) groups excluding carboxylic acids is 2. The summed E-state index contributed by atoms with van der Waals surface area (Å²) >= 11 is 0. The zero-order chi connectivity index (χ0) is 20.1. The van der Waals surface area contributed by atoms with Crippen LogP contribution in [0.2, 0.25) is 0 Å². The van der Waals surface area contributed by atoms with Gasteiger partial charge in [0.1, 0.15) is 18.0 Å². The monoisotopic (exact) mass is 382 g/mol. The van der Waals surface area contributed by atoms with E-state index in [1.54, 1.807) is 43.4 Å². The molecule has 148 valence electrons. The fourth-order valence-electron chi connectivity index (χ4n) is 3.44. The van der Waals surface area contributed by atoms with Crippen molar-refractivity contribution in [1.82, 2.24) is 9.80 Å². The Bertz CT molecular complexity index is 817. The minimum atomic E-state index is -0.126. The van der Waals surface area contributed by atoms with Gasteiger partial charge in [-0.25, -0.2) is 0 Å². The van der Waals surface area contributed by atoms with Crippen LogP contribution < -0.4 is 9.47 Å². The average Bonchev–Trinajstić information content (AvgIpc) is 2.75. The van der Waals surface area contributed by atoms with E-state index in [0.29, 0.717) is 24.4 Å². The number of hydrogen-bond acceptors (Lipinski definition) is 4. The highest BCUT2D eigenvalue weighted by molar-refractivity contribution is 5.97. The lowest BCUT2D eigenvalue weighted by atomic mass is 10.1. The van der Waals surface area contributed by atoms with E-state index in [4.69, 9.17) is 9.47 Å². The fourth-order valence-corrected chi connectivity index (χ4v) is 3.44. The molecule has 6 heteroatoms. The van der Waals surface area contributed by atoms with Crippen LogP contribution in [0.4, 0.5) is 0 Å². The molecule has 0 aliphatic carbocycles. The summed E-state index contributed by atoms with van der Waals surface area (Å²) in [4.78, 5) is 29.2. The first kappa shape index (κ1) is 19.7. The van der Waals surface area contributed by atoms with Crippen LogP contribution in [-0.2, 0) is 11.3 Å². The van der Waals surface area contributed by atoms with E-state index in [1.807, 2.05) is 36.1 Å². The molecule has 0 aromatic heterocycles. The second kappa shape index (κ2) is 8.78. The largest absolute Gasteiger partial charge is 0.497 e. The van der Waals surface area contributed by atoms with Crippen LogP contribution in [0.1, 0.15) is 29.3 Å². The summed E-state index contributed by atoms with van der Waals surface area (Å²) in [5, 5.41) is 0. The maximum absolute atomic E-state index is 12.8. The van der Waals surface area contributed by atoms with Crippen molar-refractivity contribution >= 4 is 11.8 Å². The predicted octanol–water partition coefficient (Wildman–Crippen LogP) is 2.97. The van der Waals surface area contributed by atoms with Crippen LogP contribution in [0.3, 0.4) is 0 Å². The Morgan fingerprint density at radius 1 is 1.00 bits per heavy atom. The lowest BCUT2D eigenvalue weighted by Crippen LogP contribution is -2.57. The van der Waals surface area contributed by atoms with Crippen LogP contribution >= 0.6 is 0 Å². The summed E-state index contributed by atoms with van der Waals surface area (Å²) in [6.07, 6.45) is 0.786. The van der Waals surface area contributed by atoms with Gasteiger partial charge < -0.3 is 19.3 Å². The SMILES string of the molecule is CCC1CN(C(=O)c2ccc(OC)cc2)CC(=O)N1Cc1ccc(OC)cc1. The van der Waals surface area contributed by atoms with Crippen molar-refractivity contribution in [1.29, 1.82) is 0 Å². The molecule has 0 spiro atoms. The van der Waals surface area contributed by atoms with Crippen LogP contribution in [0, 0.1) is 0 Å². The smallest absolute Gasteiger partial charge is 0.254 e. The van der Waals surface area contributed by atoms with Crippen LogP contribution in [-0.4, -0.2) is 55.0 Å². The molecule has 2 aromatic carbocycles. The third-order valence-corrected chi connectivity index (χ3v) is 5.13. The molecule has 2 amide bonds. The molecule has 1 saturated heterocycles. The number of nitrogens with zero attached hydrogens (tertiary/aromatic N) is 2. The Hall–Kier alpha value is -3.02. The van der Waals surface area contributed by atoms with E-state index in [1.165, 1.54) is 0 Å². The minimum absolute atomic E-state index is 0.00875. The van der Waals surface area contributed by atoms with Gasteiger partial charge in [-0.05, 0) is 48.4 Å². The first-order valence-electron chi connectivity index (χ1n) is 9.41. The molecule has 1 fully saturated rings. The standard InChI is InChI=1S/C22H26N2O4/c1-4-18-14-23(22(26)17-7-11-20(28-3)12-8-17)15-21(25)24(18)13-16-5-9-19(27-2)10-6-16/h5-12,18H,4,13-15H2,1-3H3. The number of ether oxygens (including phenoxy) is 2. The van der Waals surface area contributed by atoms with Gasteiger partial charge in [0.25, 0.3) is 5.91 Å². The van der Waals surface area contributed by atoms with Gasteiger partial charge in [0.05, 0.1) is 14.2 Å². The van der Waals surface area contributed by atoms with Gasteiger partial charge in [0, 0.05) is 24.7 Å². The van der Waals surface area contributed by atoms with E-state index >= 15 is 0 Å². The number of benzene rings is 2. The third-order valence-electron chi connectivity index (χ3n) is 5.13. The first-order chi connectivity index (χ1) is 13.5. The van der Waals surface area contributed by atoms with Crippen LogP contribution in [0.5, 0.6) is 11.5 Å². The number of amides is 2. The van der Waals surface area contributed by atoms with E-state index in [0.717, 1.165) is 17.7 Å². The fraction of sp³-hybridized carbons (Fsp3) is 0.364. The Balaban J connectivity index is 1.70. The molecule has 1 heterocycles. The molecule has 0 radical (unpaired) electrons. The lowest BCUT2D eigenvalue weighted by Gasteiger charge is -2.41. The highest BCUT2D eigenvalue weighted by atomic mass is 16.5. The predicted molar refractivity (Wildman–Crippen MR) is 107 cm³/mol. The van der Waals surface area contributed by atoms with Gasteiger partial charge >= 0.3 is 0 Å². The average molecular weight is 382 g/mol. The summed E-state index contributed by atoms with van der Waals surface area (Å²) in [6, 6.07) is 14.7. The van der Waals surface area contributed by atoms with Crippen molar-refractivity contribution in [3.8, 4) is 11.5 Å². The Morgan fingerprint density at radius 3 is 2.11 bits per heavy atom. The van der Waals surface area contributed by atoms with Gasteiger partial charge in [-0.1, -0.05) is 19.1 Å². The second-order valence-corrected chi connectivity index (χ2v) is 6.85. The van der Waals surface area contributed by atoms with E-state index in [9.17, 15) is 9.59 Å². The molecule has 1 aliphatic heterocycles. The molecule has 0 saturated carbocycles. The summed E-state index contributed by atoms with van der Waals surface area (Å²) in [6.45, 7) is 3.20. The highest BCUT2D eigenvalue weighted by Crippen LogP contribution is 2.21. The van der Waals surface area contributed by atoms with Crippen molar-refractivity contribution in [2.45, 2.75) is 25.9 Å². The number of methoxy groups -OCH3 is 2. The van der Waals surface area contributed by atoms with Crippen LogP contribution in [0.15, 0.2) is 48.5 Å². The van der Waals surface area contributed by atoms with Crippen molar-refractivity contribution in [3.05, 3.63) is 59.7 Å². The molecule has 0 N–H and O–H groups in total. The zero-order valence-corrected chi connectivity index (χ0v) is 16.6. The maximum atomic E-state index is 12.8. The molecule has 0 bridgehead atoms. The van der Waals surface area contributed by atoms with Crippen molar-refractivity contribution in [2.75, 3.05) is 27.3 Å². The highest BCUT2D eigenvalue weighted by Gasteiger charge is 2.34. The zero-order valence-electron chi connectivity index (χ0n) is 16.6. The normalized spacial score (nSPS) is 16.8. The second-order valence-electron chi connectivity index (χ2n) is 6.85. The van der Waals surface area contributed by atoms with Gasteiger partial charge in [-0.2, -0.15) is 0 Å². The first-order valence-corrected chi connectivity index (χ1v) is 9.41. The van der Waals surface area contributed by atoms with Gasteiger partial charge in [0.2, 0.25) is 5.91 Å². The quantitative estimate of drug-likeness (QED) is 0.771. The summed E-state index contributed by atoms with van der Waals surface area (Å²) in [5.74, 6) is 1.33. The number of piperazine rings is 1. The number of hydrogen-bond donors (Lipinski definition) is 0. The molecular weight excluding hydrogens is 356 g/mol. The molecule has 1 aliphatic rings. The minimum Gasteiger partial charge on any atom is -0.497 e. The Kier molecular flexibility index (Phi) is 6.19. The Labute approximate surface area is 165 Å². The molecule has 28 heavy (non-hydrogen) atoms. The molecule has 1 atom stereocenters. The summed E-state index contributed by atoms with van der Waals surface area (Å²) in [5.41, 5.74) is 1.61. The summed E-state index contributed by atoms with van der Waals surface area (Å²) in [7, 11) is 3.22. The lowest BCUT2D eigenvalue weighted by molar-refractivity contribution is -0.139. The topological polar surface area (TPSA) is 59.1 Å². The molecule has 3 rings (SSSR count). The van der Waals surface area contributed by atoms with Gasteiger partial charge in [-0.15, -0.1) is 0 Å². The van der Waals surface area contributed by atoms with E-state index < -0.39 is 0 Å². The van der Waals surface area contributed by atoms with Crippen molar-refractivity contribution in [3.63, 3.8) is 0 Å². The van der Waals surface area contributed by atoms with E-state index in [-0.39, 0.29) is 24.4 Å². The molecule has 1 unspecified atom stereocenters. The third kappa shape index (κ3) is 4.27. The maximum Gasteiger partial charge on any atom is 0.254 e. The number of carbonyl (C=O) groups is 2. The van der Waals surface area contributed by atoms with Crippen molar-refractivity contribution in [2.24, 2.45) is 0 Å². The molecule has 2 aromatic rings. The Morgan fingerprint density at radius 2 is 1.57 bits per heavy atom. The summed E-state index contributed by atoms with van der Waals surface area (Å²) < 4.78 is 10.3. The molecular formula is C22H26N2O4. The van der Waals surface area contributed by atoms with Gasteiger partial charge in [0.15, 0.2) is 0 Å². The van der Waals surface area contributed by atoms with Gasteiger partial charge in [-0.3, -0.25) is 9.59 Å². The number of rotatable bonds is 6. The van der Waals surface area contributed by atoms with Crippen LogP contribution in [0.25, 0.3) is 0 Å². The van der Waals surface area contributed by atoms with Crippen molar-refractivity contribution < 1.29 is 19.1 Å². The van der Waals surface area contributed by atoms with E-state index in [2.05, 4.69) is 0 Å².